The molecule has 0 aliphatic carbocycles. The van der Waals surface area contributed by atoms with E-state index in [1.807, 2.05) is 32.9 Å². The van der Waals surface area contributed by atoms with Gasteiger partial charge in [-0.2, -0.15) is 0 Å². The van der Waals surface area contributed by atoms with E-state index in [-0.39, 0.29) is 30.5 Å². The van der Waals surface area contributed by atoms with Gasteiger partial charge in [0.25, 0.3) is 5.91 Å². The lowest BCUT2D eigenvalue weighted by atomic mass is 9.85. The first kappa shape index (κ1) is 27.9. The number of carbonyl (C=O) groups is 3. The van der Waals surface area contributed by atoms with Crippen molar-refractivity contribution in [2.45, 2.75) is 44.8 Å². The van der Waals surface area contributed by atoms with Gasteiger partial charge in [0.05, 0.1) is 49.1 Å². The molecule has 2 heterocycles. The minimum absolute atomic E-state index is 0.209. The van der Waals surface area contributed by atoms with E-state index in [1.165, 1.54) is 12.4 Å². The average molecular weight is 531 g/mol. The van der Waals surface area contributed by atoms with Crippen LogP contribution in [0, 0.1) is 0 Å². The minimum Gasteiger partial charge on any atom is -0.481 e. The Hall–Kier alpha value is -3.70. The van der Waals surface area contributed by atoms with Crippen molar-refractivity contribution in [3.8, 4) is 0 Å². The van der Waals surface area contributed by atoms with E-state index in [0.717, 1.165) is 5.56 Å². The van der Waals surface area contributed by atoms with Crippen LogP contribution in [0.2, 0.25) is 5.02 Å². The quantitative estimate of drug-likeness (QED) is 0.301. The number of benzene rings is 1. The number of carboxylic acids is 1. The fourth-order valence-electron chi connectivity index (χ4n) is 3.57. The van der Waals surface area contributed by atoms with E-state index in [0.29, 0.717) is 28.8 Å². The van der Waals surface area contributed by atoms with E-state index >= 15 is 0 Å². The Balaban J connectivity index is 1.64. The first-order valence-corrected chi connectivity index (χ1v) is 12.1. The number of β-amino-alcohol motifs (C(OH)–C–C–N with tert-alkyl or cyclic N) is 1. The summed E-state index contributed by atoms with van der Waals surface area (Å²) in [5, 5.41) is 30.4. The number of aliphatic hydroxyl groups is 1. The number of anilines is 1. The summed E-state index contributed by atoms with van der Waals surface area (Å²) >= 11 is 6.27. The van der Waals surface area contributed by atoms with E-state index in [1.54, 1.807) is 12.1 Å². The van der Waals surface area contributed by atoms with Gasteiger partial charge in [0.2, 0.25) is 5.91 Å². The van der Waals surface area contributed by atoms with Crippen LogP contribution in [0.5, 0.6) is 0 Å². The molecule has 2 amide bonds. The summed E-state index contributed by atoms with van der Waals surface area (Å²) in [6.45, 7) is 6.26. The summed E-state index contributed by atoms with van der Waals surface area (Å²) in [6.07, 6.45) is 1.95. The number of hydrogen-bond donors (Lipinski definition) is 6. The lowest BCUT2D eigenvalue weighted by molar-refractivity contribution is -0.137. The van der Waals surface area contributed by atoms with Crippen LogP contribution >= 0.6 is 11.6 Å². The van der Waals surface area contributed by atoms with E-state index in [4.69, 9.17) is 11.6 Å². The SMILES string of the molecule is CC(C)(C)c1cc(Cl)cc([C@H](CC(=O)O)NC(=O)CNC(=O)c2cncc(NC3=NCC(O)CN3)c2)c1. The van der Waals surface area contributed by atoms with Gasteiger partial charge in [-0.05, 0) is 34.7 Å². The van der Waals surface area contributed by atoms with Crippen LogP contribution < -0.4 is 21.3 Å². The van der Waals surface area contributed by atoms with Gasteiger partial charge in [-0.25, -0.2) is 0 Å². The van der Waals surface area contributed by atoms with Crippen molar-refractivity contribution in [1.82, 2.24) is 20.9 Å². The van der Waals surface area contributed by atoms with Gasteiger partial charge in [0.1, 0.15) is 0 Å². The predicted molar refractivity (Wildman–Crippen MR) is 140 cm³/mol. The summed E-state index contributed by atoms with van der Waals surface area (Å²) < 4.78 is 0. The van der Waals surface area contributed by atoms with Gasteiger partial charge in [0.15, 0.2) is 5.96 Å². The normalized spacial score (nSPS) is 16.1. The number of pyridine rings is 1. The molecule has 0 bridgehead atoms. The summed E-state index contributed by atoms with van der Waals surface area (Å²) in [6, 6.07) is 5.97. The number of aliphatic imine (C=N–C) groups is 1. The third-order valence-electron chi connectivity index (χ3n) is 5.54. The summed E-state index contributed by atoms with van der Waals surface area (Å²) in [4.78, 5) is 44.9. The lowest BCUT2D eigenvalue weighted by Gasteiger charge is -2.23. The molecule has 1 aliphatic rings. The number of aromatic nitrogens is 1. The van der Waals surface area contributed by atoms with Crippen molar-refractivity contribution >= 4 is 41.0 Å². The second kappa shape index (κ2) is 12.0. The van der Waals surface area contributed by atoms with Gasteiger partial charge in [-0.1, -0.05) is 38.4 Å². The monoisotopic (exact) mass is 530 g/mol. The third kappa shape index (κ3) is 8.43. The first-order chi connectivity index (χ1) is 17.4. The number of guanidine groups is 1. The van der Waals surface area contributed by atoms with Gasteiger partial charge in [-0.15, -0.1) is 0 Å². The lowest BCUT2D eigenvalue weighted by Crippen LogP contribution is -2.42. The molecule has 0 radical (unpaired) electrons. The predicted octanol–water partition coefficient (Wildman–Crippen LogP) is 1.83. The van der Waals surface area contributed by atoms with Crippen LogP contribution in [0.4, 0.5) is 5.69 Å². The fraction of sp³-hybridized carbons (Fsp3) is 0.400. The maximum atomic E-state index is 12.6. The van der Waals surface area contributed by atoms with Crippen LogP contribution in [0.15, 0.2) is 41.7 Å². The molecule has 0 fully saturated rings. The number of aliphatic hydroxyl groups excluding tert-OH is 1. The molecule has 0 spiro atoms. The molecule has 2 atom stereocenters. The molecule has 0 saturated heterocycles. The second-order valence-corrected chi connectivity index (χ2v) is 10.2. The van der Waals surface area contributed by atoms with E-state index in [9.17, 15) is 24.6 Å². The number of nitrogens with zero attached hydrogens (tertiary/aromatic N) is 2. The van der Waals surface area contributed by atoms with E-state index in [2.05, 4.69) is 31.2 Å². The Morgan fingerprint density at radius 1 is 1.19 bits per heavy atom. The van der Waals surface area contributed by atoms with Crippen molar-refractivity contribution in [3.05, 3.63) is 58.4 Å². The molecule has 198 valence electrons. The molecule has 3 rings (SSSR count). The number of amides is 2. The number of nitrogens with one attached hydrogen (secondary N) is 4. The minimum atomic E-state index is -1.09. The van der Waals surface area contributed by atoms with Crippen LogP contribution in [0.3, 0.4) is 0 Å². The zero-order valence-electron chi connectivity index (χ0n) is 20.8. The van der Waals surface area contributed by atoms with Crippen molar-refractivity contribution in [2.24, 2.45) is 4.99 Å². The molecule has 37 heavy (non-hydrogen) atoms. The Morgan fingerprint density at radius 2 is 1.95 bits per heavy atom. The molecule has 6 N–H and O–H groups in total. The fourth-order valence-corrected chi connectivity index (χ4v) is 3.81. The largest absolute Gasteiger partial charge is 0.481 e. The Kier molecular flexibility index (Phi) is 9.06. The third-order valence-corrected chi connectivity index (χ3v) is 5.76. The standard InChI is InChI=1S/C25H31ClN6O5/c1-25(2,3)16-4-14(5-17(26)7-16)20(8-22(35)36)32-21(34)13-28-23(37)15-6-18(10-27-9-15)31-24-29-11-19(33)12-30-24/h4-7,9-10,19-20,33H,8,11-13H2,1-3H3,(H,28,37)(H,32,34)(H,35,36)(H2,29,30,31)/t20-/m0/s1. The molecular weight excluding hydrogens is 500 g/mol. The summed E-state index contributed by atoms with van der Waals surface area (Å²) in [5.41, 5.74) is 1.94. The van der Waals surface area contributed by atoms with Gasteiger partial charge < -0.3 is 31.5 Å². The molecule has 2 aromatic rings. The van der Waals surface area contributed by atoms with Crippen molar-refractivity contribution in [2.75, 3.05) is 25.0 Å². The van der Waals surface area contributed by atoms with Crippen molar-refractivity contribution in [1.29, 1.82) is 0 Å². The Morgan fingerprint density at radius 3 is 2.59 bits per heavy atom. The number of rotatable bonds is 8. The molecule has 1 aliphatic heterocycles. The molecule has 1 unspecified atom stereocenters. The average Bonchev–Trinajstić information content (AvgIpc) is 2.82. The zero-order chi connectivity index (χ0) is 27.2. The maximum absolute atomic E-state index is 12.6. The molecule has 1 aromatic carbocycles. The zero-order valence-corrected chi connectivity index (χ0v) is 21.6. The molecular formula is C25H31ClN6O5. The van der Waals surface area contributed by atoms with Crippen LogP contribution in [0.1, 0.15) is 54.7 Å². The first-order valence-electron chi connectivity index (χ1n) is 11.7. The highest BCUT2D eigenvalue weighted by Gasteiger charge is 2.22. The number of hydrogen-bond acceptors (Lipinski definition) is 8. The number of carboxylic acid groups (broad SMARTS) is 1. The summed E-state index contributed by atoms with van der Waals surface area (Å²) in [7, 11) is 0. The molecule has 1 aromatic heterocycles. The van der Waals surface area contributed by atoms with Crippen LogP contribution in [-0.4, -0.2) is 64.7 Å². The Bertz CT molecular complexity index is 1200. The van der Waals surface area contributed by atoms with Crippen molar-refractivity contribution < 1.29 is 24.6 Å². The Labute approximate surface area is 219 Å². The van der Waals surface area contributed by atoms with Gasteiger partial charge in [0, 0.05) is 17.8 Å². The van der Waals surface area contributed by atoms with Gasteiger partial charge >= 0.3 is 5.97 Å². The molecule has 0 saturated carbocycles. The molecule has 12 heteroatoms. The topological polar surface area (TPSA) is 165 Å². The van der Waals surface area contributed by atoms with E-state index < -0.39 is 29.9 Å². The van der Waals surface area contributed by atoms with Crippen molar-refractivity contribution in [3.63, 3.8) is 0 Å². The number of aliphatic carboxylic acids is 1. The maximum Gasteiger partial charge on any atom is 0.305 e. The summed E-state index contributed by atoms with van der Waals surface area (Å²) in [5.74, 6) is -1.73. The number of halogens is 1. The smallest absolute Gasteiger partial charge is 0.305 e. The number of carbonyl (C=O) groups excluding carboxylic acids is 2. The highest BCUT2D eigenvalue weighted by molar-refractivity contribution is 6.30. The van der Waals surface area contributed by atoms with Crippen LogP contribution in [-0.2, 0) is 15.0 Å². The van der Waals surface area contributed by atoms with Gasteiger partial charge in [-0.3, -0.25) is 24.4 Å². The highest BCUT2D eigenvalue weighted by atomic mass is 35.5. The highest BCUT2D eigenvalue weighted by Crippen LogP contribution is 2.30. The second-order valence-electron chi connectivity index (χ2n) is 9.74. The molecule has 11 nitrogen and oxygen atoms in total. The van der Waals surface area contributed by atoms with Crippen LogP contribution in [0.25, 0.3) is 0 Å².